The lowest BCUT2D eigenvalue weighted by Gasteiger charge is -2.16. The van der Waals surface area contributed by atoms with Gasteiger partial charge in [-0.1, -0.05) is 83.0 Å². The van der Waals surface area contributed by atoms with Crippen LogP contribution in [0, 0.1) is 25.2 Å². The van der Waals surface area contributed by atoms with Crippen molar-refractivity contribution >= 4 is 35.0 Å². The summed E-state index contributed by atoms with van der Waals surface area (Å²) in [5, 5.41) is 13.7. The van der Waals surface area contributed by atoms with E-state index < -0.39 is 5.25 Å². The third-order valence-electron chi connectivity index (χ3n) is 5.58. The van der Waals surface area contributed by atoms with Gasteiger partial charge in [0.25, 0.3) is 0 Å². The number of thioether (sulfide) groups is 1. The summed E-state index contributed by atoms with van der Waals surface area (Å²) in [7, 11) is 0. The summed E-state index contributed by atoms with van der Waals surface area (Å²) in [5.74, 6) is -0.154. The smallest absolute Gasteiger partial charge is 0.237 e. The molecule has 1 aromatic heterocycles. The molecule has 4 rings (SSSR count). The normalized spacial score (nSPS) is 11.5. The topological polar surface area (TPSA) is 65.8 Å². The van der Waals surface area contributed by atoms with E-state index in [1.54, 1.807) is 12.1 Å². The molecule has 0 fully saturated rings. The number of nitriles is 1. The van der Waals surface area contributed by atoms with Crippen LogP contribution in [0.25, 0.3) is 22.4 Å². The lowest BCUT2D eigenvalue weighted by Crippen LogP contribution is -2.22. The maximum Gasteiger partial charge on any atom is 0.237 e. The van der Waals surface area contributed by atoms with Gasteiger partial charge in [-0.2, -0.15) is 5.26 Å². The number of hydrogen-bond donors (Lipinski definition) is 1. The standard InChI is InChI=1S/C29H24ClN3OS/c1-18-4-8-22(9-5-18)27-16-25(21-10-12-23(30)13-11-21)26(17-31)29(33-27)35-20(3)28(34)32-24-14-6-19(2)7-15-24/h4-16,20H,1-3H3,(H,32,34)/t20-/m0/s1. The van der Waals surface area contributed by atoms with Crippen LogP contribution < -0.4 is 5.32 Å². The second-order valence-electron chi connectivity index (χ2n) is 8.34. The van der Waals surface area contributed by atoms with Gasteiger partial charge in [0.05, 0.1) is 16.5 Å². The average molecular weight is 498 g/mol. The van der Waals surface area contributed by atoms with Crippen LogP contribution in [0.3, 0.4) is 0 Å². The zero-order valence-electron chi connectivity index (χ0n) is 19.7. The number of amides is 1. The van der Waals surface area contributed by atoms with E-state index in [0.29, 0.717) is 15.6 Å². The molecule has 35 heavy (non-hydrogen) atoms. The van der Waals surface area contributed by atoms with Gasteiger partial charge >= 0.3 is 0 Å². The van der Waals surface area contributed by atoms with Crippen molar-refractivity contribution < 1.29 is 4.79 Å². The van der Waals surface area contributed by atoms with Gasteiger partial charge in [-0.15, -0.1) is 0 Å². The van der Waals surface area contributed by atoms with E-state index in [0.717, 1.165) is 39.2 Å². The van der Waals surface area contributed by atoms with Crippen molar-refractivity contribution in [2.45, 2.75) is 31.0 Å². The second kappa shape index (κ2) is 10.8. The van der Waals surface area contributed by atoms with E-state index in [-0.39, 0.29) is 5.91 Å². The number of rotatable bonds is 6. The van der Waals surface area contributed by atoms with Crippen LogP contribution in [0.15, 0.2) is 83.9 Å². The SMILES string of the molecule is Cc1ccc(NC(=O)[C@H](C)Sc2nc(-c3ccc(C)cc3)cc(-c3ccc(Cl)cc3)c2C#N)cc1. The molecule has 6 heteroatoms. The molecule has 1 N–H and O–H groups in total. The number of aryl methyl sites for hydroxylation is 2. The molecule has 174 valence electrons. The van der Waals surface area contributed by atoms with E-state index in [1.807, 2.05) is 87.5 Å². The van der Waals surface area contributed by atoms with Gasteiger partial charge in [-0.05, 0) is 56.7 Å². The molecule has 1 amide bonds. The van der Waals surface area contributed by atoms with Crippen LogP contribution in [0.1, 0.15) is 23.6 Å². The number of nitrogens with one attached hydrogen (secondary N) is 1. The Kier molecular flexibility index (Phi) is 7.55. The van der Waals surface area contributed by atoms with Gasteiger partial charge in [-0.3, -0.25) is 4.79 Å². The predicted octanol–water partition coefficient (Wildman–Crippen LogP) is 7.68. The number of halogens is 1. The Morgan fingerprint density at radius 3 is 2.11 bits per heavy atom. The maximum absolute atomic E-state index is 12.9. The fourth-order valence-electron chi connectivity index (χ4n) is 3.55. The Hall–Kier alpha value is -3.59. The monoisotopic (exact) mass is 497 g/mol. The lowest BCUT2D eigenvalue weighted by molar-refractivity contribution is -0.115. The highest BCUT2D eigenvalue weighted by Crippen LogP contribution is 2.36. The molecular weight excluding hydrogens is 474 g/mol. The highest BCUT2D eigenvalue weighted by atomic mass is 35.5. The van der Waals surface area contributed by atoms with Gasteiger partial charge in [-0.25, -0.2) is 4.98 Å². The van der Waals surface area contributed by atoms with Crippen LogP contribution >= 0.6 is 23.4 Å². The number of nitrogens with zero attached hydrogens (tertiary/aromatic N) is 2. The zero-order valence-corrected chi connectivity index (χ0v) is 21.2. The van der Waals surface area contributed by atoms with Crippen LogP contribution in [0.4, 0.5) is 5.69 Å². The van der Waals surface area contributed by atoms with Crippen molar-refractivity contribution in [1.82, 2.24) is 4.98 Å². The summed E-state index contributed by atoms with van der Waals surface area (Å²) < 4.78 is 0. The Morgan fingerprint density at radius 1 is 0.943 bits per heavy atom. The van der Waals surface area contributed by atoms with Crippen molar-refractivity contribution in [2.24, 2.45) is 0 Å². The van der Waals surface area contributed by atoms with Crippen molar-refractivity contribution in [2.75, 3.05) is 5.32 Å². The number of pyridine rings is 1. The quantitative estimate of drug-likeness (QED) is 0.277. The van der Waals surface area contributed by atoms with E-state index >= 15 is 0 Å². The summed E-state index contributed by atoms with van der Waals surface area (Å²) in [6.45, 7) is 5.85. The summed E-state index contributed by atoms with van der Waals surface area (Å²) in [6, 6.07) is 27.4. The Bertz CT molecular complexity index is 1390. The number of carbonyl (C=O) groups is 1. The van der Waals surface area contributed by atoms with E-state index in [4.69, 9.17) is 16.6 Å². The summed E-state index contributed by atoms with van der Waals surface area (Å²) in [4.78, 5) is 17.8. The van der Waals surface area contributed by atoms with E-state index in [2.05, 4.69) is 11.4 Å². The van der Waals surface area contributed by atoms with Gasteiger partial charge in [0.1, 0.15) is 11.1 Å². The van der Waals surface area contributed by atoms with Gasteiger partial charge in [0, 0.05) is 21.8 Å². The van der Waals surface area contributed by atoms with Crippen LogP contribution in [0.5, 0.6) is 0 Å². The van der Waals surface area contributed by atoms with Crippen molar-refractivity contribution in [1.29, 1.82) is 5.26 Å². The Morgan fingerprint density at radius 2 is 1.51 bits per heavy atom. The van der Waals surface area contributed by atoms with Crippen molar-refractivity contribution in [3.8, 4) is 28.5 Å². The van der Waals surface area contributed by atoms with Crippen molar-refractivity contribution in [3.63, 3.8) is 0 Å². The molecule has 0 saturated carbocycles. The molecule has 0 saturated heterocycles. The molecule has 0 radical (unpaired) electrons. The number of hydrogen-bond acceptors (Lipinski definition) is 4. The molecule has 4 aromatic rings. The van der Waals surface area contributed by atoms with Gasteiger partial charge in [0.15, 0.2) is 0 Å². The average Bonchev–Trinajstić information content (AvgIpc) is 2.86. The van der Waals surface area contributed by atoms with Crippen LogP contribution in [-0.2, 0) is 4.79 Å². The van der Waals surface area contributed by atoms with Gasteiger partial charge < -0.3 is 5.32 Å². The second-order valence-corrected chi connectivity index (χ2v) is 10.1. The van der Waals surface area contributed by atoms with Gasteiger partial charge in [0.2, 0.25) is 5.91 Å². The minimum Gasteiger partial charge on any atom is -0.325 e. The number of carbonyl (C=O) groups excluding carboxylic acids is 1. The highest BCUT2D eigenvalue weighted by Gasteiger charge is 2.21. The molecule has 0 aliphatic rings. The Balaban J connectivity index is 1.73. The maximum atomic E-state index is 12.9. The minimum atomic E-state index is -0.470. The molecular formula is C29H24ClN3OS. The van der Waals surface area contributed by atoms with E-state index in [1.165, 1.54) is 11.8 Å². The molecule has 3 aromatic carbocycles. The molecule has 0 aliphatic carbocycles. The first-order chi connectivity index (χ1) is 16.8. The molecule has 4 nitrogen and oxygen atoms in total. The fourth-order valence-corrected chi connectivity index (χ4v) is 4.60. The van der Waals surface area contributed by atoms with Crippen LogP contribution in [-0.4, -0.2) is 16.1 Å². The number of benzene rings is 3. The number of aromatic nitrogens is 1. The predicted molar refractivity (Wildman–Crippen MR) is 145 cm³/mol. The summed E-state index contributed by atoms with van der Waals surface area (Å²) >= 11 is 7.38. The third kappa shape index (κ3) is 5.92. The van der Waals surface area contributed by atoms with Crippen molar-refractivity contribution in [3.05, 3.63) is 101 Å². The van der Waals surface area contributed by atoms with E-state index in [9.17, 15) is 10.1 Å². The summed E-state index contributed by atoms with van der Waals surface area (Å²) in [5.41, 5.74) is 6.73. The van der Waals surface area contributed by atoms with Crippen LogP contribution in [0.2, 0.25) is 5.02 Å². The first-order valence-electron chi connectivity index (χ1n) is 11.2. The summed E-state index contributed by atoms with van der Waals surface area (Å²) in [6.07, 6.45) is 0. The highest BCUT2D eigenvalue weighted by molar-refractivity contribution is 8.00. The molecule has 0 aliphatic heterocycles. The fraction of sp³-hybridized carbons (Fsp3) is 0.138. The Labute approximate surface area is 215 Å². The first kappa shape index (κ1) is 24.5. The lowest BCUT2D eigenvalue weighted by atomic mass is 9.99. The largest absolute Gasteiger partial charge is 0.325 e. The molecule has 0 bridgehead atoms. The molecule has 1 heterocycles. The number of anilines is 1. The molecule has 0 unspecified atom stereocenters. The molecule has 0 spiro atoms. The minimum absolute atomic E-state index is 0.154. The zero-order chi connectivity index (χ0) is 24.9. The first-order valence-corrected chi connectivity index (χ1v) is 12.4. The molecule has 1 atom stereocenters. The third-order valence-corrected chi connectivity index (χ3v) is 6.92.